The maximum absolute atomic E-state index is 12.4. The zero-order valence-electron chi connectivity index (χ0n) is 14.6. The molecule has 25 heavy (non-hydrogen) atoms. The molecule has 140 valence electrons. The molecule has 1 aromatic carbocycles. The van der Waals surface area contributed by atoms with Crippen molar-refractivity contribution in [3.8, 4) is 0 Å². The fourth-order valence-electron chi connectivity index (χ4n) is 2.07. The van der Waals surface area contributed by atoms with Gasteiger partial charge in [-0.15, -0.1) is 12.4 Å². The van der Waals surface area contributed by atoms with Crippen molar-refractivity contribution in [2.45, 2.75) is 32.9 Å². The van der Waals surface area contributed by atoms with Crippen molar-refractivity contribution in [1.82, 2.24) is 5.32 Å². The lowest BCUT2D eigenvalue weighted by atomic mass is 9.94. The van der Waals surface area contributed by atoms with Gasteiger partial charge >= 0.3 is 11.9 Å². The second-order valence-corrected chi connectivity index (χ2v) is 5.17. The van der Waals surface area contributed by atoms with E-state index in [9.17, 15) is 14.4 Å². The van der Waals surface area contributed by atoms with Crippen LogP contribution >= 0.6 is 12.4 Å². The van der Waals surface area contributed by atoms with Crippen LogP contribution in [-0.4, -0.2) is 37.1 Å². The molecule has 1 amide bonds. The molecule has 0 bridgehead atoms. The Bertz CT molecular complexity index is 549. The highest BCUT2D eigenvalue weighted by atomic mass is 35.5. The third-order valence-electron chi connectivity index (χ3n) is 3.47. The van der Waals surface area contributed by atoms with Gasteiger partial charge in [0.25, 0.3) is 0 Å². The number of ether oxygens (including phenoxy) is 2. The van der Waals surface area contributed by atoms with Gasteiger partial charge in [-0.3, -0.25) is 4.79 Å². The molecule has 0 aromatic heterocycles. The first-order chi connectivity index (χ1) is 11.4. The van der Waals surface area contributed by atoms with Gasteiger partial charge in [0.2, 0.25) is 11.9 Å². The molecule has 2 atom stereocenters. The lowest BCUT2D eigenvalue weighted by Gasteiger charge is -2.22. The lowest BCUT2D eigenvalue weighted by Crippen LogP contribution is -2.50. The van der Waals surface area contributed by atoms with Crippen molar-refractivity contribution in [2.75, 3.05) is 13.2 Å². The number of rotatable bonds is 8. The van der Waals surface area contributed by atoms with Crippen LogP contribution in [0.25, 0.3) is 0 Å². The summed E-state index contributed by atoms with van der Waals surface area (Å²) in [5.74, 6) is -2.90. The van der Waals surface area contributed by atoms with E-state index < -0.39 is 35.8 Å². The Labute approximate surface area is 153 Å². The maximum Gasteiger partial charge on any atom is 0.340 e. The van der Waals surface area contributed by atoms with Crippen molar-refractivity contribution in [3.63, 3.8) is 0 Å². The van der Waals surface area contributed by atoms with Crippen LogP contribution in [0.2, 0.25) is 0 Å². The molecular formula is C17H25ClN2O5. The second kappa shape index (κ2) is 11.4. The van der Waals surface area contributed by atoms with E-state index in [4.69, 9.17) is 15.2 Å². The third-order valence-corrected chi connectivity index (χ3v) is 3.47. The zero-order chi connectivity index (χ0) is 18.1. The molecule has 0 radical (unpaired) electrons. The molecule has 0 spiro atoms. The minimum absolute atomic E-state index is 0. The number of nitrogens with one attached hydrogen (secondary N) is 1. The molecule has 7 nitrogen and oxygen atoms in total. The van der Waals surface area contributed by atoms with Crippen molar-refractivity contribution < 1.29 is 23.9 Å². The Morgan fingerprint density at radius 1 is 1.04 bits per heavy atom. The number of hydrogen-bond acceptors (Lipinski definition) is 6. The van der Waals surface area contributed by atoms with Crippen LogP contribution in [0.1, 0.15) is 32.4 Å². The van der Waals surface area contributed by atoms with Crippen molar-refractivity contribution in [2.24, 2.45) is 11.7 Å². The molecule has 0 aliphatic heterocycles. The van der Waals surface area contributed by atoms with Crippen LogP contribution < -0.4 is 11.1 Å². The van der Waals surface area contributed by atoms with E-state index in [-0.39, 0.29) is 25.6 Å². The van der Waals surface area contributed by atoms with Gasteiger partial charge in [-0.1, -0.05) is 37.3 Å². The predicted octanol–water partition coefficient (Wildman–Crippen LogP) is 1.36. The van der Waals surface area contributed by atoms with Crippen molar-refractivity contribution in [3.05, 3.63) is 35.9 Å². The normalized spacial score (nSPS) is 12.5. The minimum Gasteiger partial charge on any atom is -0.464 e. The third kappa shape index (κ3) is 6.72. The molecular weight excluding hydrogens is 348 g/mol. The molecule has 1 aromatic rings. The zero-order valence-corrected chi connectivity index (χ0v) is 15.4. The summed E-state index contributed by atoms with van der Waals surface area (Å²) in [6.07, 6.45) is 0. The number of amides is 1. The first-order valence-corrected chi connectivity index (χ1v) is 7.86. The van der Waals surface area contributed by atoms with Gasteiger partial charge in [-0.25, -0.2) is 9.59 Å². The Balaban J connectivity index is 0.00000576. The predicted molar refractivity (Wildman–Crippen MR) is 95.0 cm³/mol. The van der Waals surface area contributed by atoms with Gasteiger partial charge in [-0.05, 0) is 19.4 Å². The molecule has 0 fully saturated rings. The molecule has 0 aliphatic rings. The highest BCUT2D eigenvalue weighted by Gasteiger charge is 2.33. The number of carbonyl (C=O) groups excluding carboxylic acids is 3. The first-order valence-electron chi connectivity index (χ1n) is 7.86. The Morgan fingerprint density at radius 2 is 1.52 bits per heavy atom. The largest absolute Gasteiger partial charge is 0.464 e. The van der Waals surface area contributed by atoms with Crippen LogP contribution in [0, 0.1) is 5.92 Å². The summed E-state index contributed by atoms with van der Waals surface area (Å²) in [7, 11) is 0. The summed E-state index contributed by atoms with van der Waals surface area (Å²) in [6.45, 7) is 5.01. The highest BCUT2D eigenvalue weighted by Crippen LogP contribution is 2.19. The van der Waals surface area contributed by atoms with Crippen LogP contribution in [0.5, 0.6) is 0 Å². The average Bonchev–Trinajstić information content (AvgIpc) is 2.59. The second-order valence-electron chi connectivity index (χ2n) is 5.17. The maximum atomic E-state index is 12.4. The minimum atomic E-state index is -1.50. The van der Waals surface area contributed by atoms with Gasteiger partial charge in [0, 0.05) is 6.04 Å². The fourth-order valence-corrected chi connectivity index (χ4v) is 2.07. The molecule has 0 aliphatic carbocycles. The fraction of sp³-hybridized carbons (Fsp3) is 0.471. The number of carbonyl (C=O) groups is 3. The number of halogens is 1. The van der Waals surface area contributed by atoms with E-state index in [1.165, 1.54) is 0 Å². The topological polar surface area (TPSA) is 108 Å². The smallest absolute Gasteiger partial charge is 0.340 e. The summed E-state index contributed by atoms with van der Waals surface area (Å²) in [6, 6.07) is 7.03. The number of hydrogen-bond donors (Lipinski definition) is 2. The number of esters is 2. The number of nitrogens with two attached hydrogens (primary N) is 1. The molecule has 0 saturated heterocycles. The van der Waals surface area contributed by atoms with E-state index in [1.54, 1.807) is 20.8 Å². The van der Waals surface area contributed by atoms with Gasteiger partial charge in [0.1, 0.15) is 0 Å². The molecule has 2 unspecified atom stereocenters. The Hall–Kier alpha value is -2.12. The summed E-state index contributed by atoms with van der Waals surface area (Å²) < 4.78 is 9.62. The van der Waals surface area contributed by atoms with Gasteiger partial charge < -0.3 is 20.5 Å². The first kappa shape index (κ1) is 22.9. The van der Waals surface area contributed by atoms with Crippen LogP contribution in [0.4, 0.5) is 0 Å². The quantitative estimate of drug-likeness (QED) is 0.527. The van der Waals surface area contributed by atoms with Gasteiger partial charge in [0.15, 0.2) is 0 Å². The van der Waals surface area contributed by atoms with Gasteiger partial charge in [0.05, 0.1) is 19.1 Å². The average molecular weight is 373 g/mol. The monoisotopic (exact) mass is 372 g/mol. The van der Waals surface area contributed by atoms with E-state index in [2.05, 4.69) is 5.32 Å². The van der Waals surface area contributed by atoms with Crippen LogP contribution in [0.3, 0.4) is 0 Å². The van der Waals surface area contributed by atoms with Crippen LogP contribution in [-0.2, 0) is 23.9 Å². The molecule has 8 heteroatoms. The summed E-state index contributed by atoms with van der Waals surface area (Å²) >= 11 is 0. The number of benzene rings is 1. The summed E-state index contributed by atoms with van der Waals surface area (Å²) in [4.78, 5) is 36.2. The Kier molecular flexibility index (Phi) is 10.5. The van der Waals surface area contributed by atoms with E-state index in [0.717, 1.165) is 5.56 Å². The van der Waals surface area contributed by atoms with Crippen molar-refractivity contribution in [1.29, 1.82) is 0 Å². The molecule has 0 saturated carbocycles. The summed E-state index contributed by atoms with van der Waals surface area (Å²) in [5.41, 5.74) is 6.87. The van der Waals surface area contributed by atoms with Crippen LogP contribution in [0.15, 0.2) is 30.3 Å². The molecule has 0 heterocycles. The van der Waals surface area contributed by atoms with E-state index in [0.29, 0.717) is 0 Å². The molecule has 1 rings (SSSR count). The van der Waals surface area contributed by atoms with Crippen molar-refractivity contribution >= 4 is 30.3 Å². The standard InChI is InChI=1S/C17H24N2O5.ClH/c1-4-23-16(21)14(17(22)24-5-2)19-15(20)11(3)13(18)12-9-7-6-8-10-12;/h6-11,13-14H,4-5,18H2,1-3H3,(H,19,20);1H. The molecule has 3 N–H and O–H groups in total. The van der Waals surface area contributed by atoms with E-state index in [1.807, 2.05) is 30.3 Å². The Morgan fingerprint density at radius 3 is 1.96 bits per heavy atom. The van der Waals surface area contributed by atoms with E-state index >= 15 is 0 Å². The lowest BCUT2D eigenvalue weighted by molar-refractivity contribution is -0.160. The highest BCUT2D eigenvalue weighted by molar-refractivity contribution is 6.02. The SMILES string of the molecule is CCOC(=O)C(NC(=O)C(C)C(N)c1ccccc1)C(=O)OCC.Cl. The van der Waals surface area contributed by atoms with Gasteiger partial charge in [-0.2, -0.15) is 0 Å². The summed E-state index contributed by atoms with van der Waals surface area (Å²) in [5, 5.41) is 2.37.